The number of nitrogens with zero attached hydrogens (tertiary/aromatic N) is 2. The summed E-state index contributed by atoms with van der Waals surface area (Å²) in [4.78, 5) is 20.4. The van der Waals surface area contributed by atoms with Crippen LogP contribution >= 0.6 is 0 Å². The molecule has 0 aliphatic rings. The molecule has 0 unspecified atom stereocenters. The van der Waals surface area contributed by atoms with Gasteiger partial charge in [-0.25, -0.2) is 9.97 Å². The van der Waals surface area contributed by atoms with Gasteiger partial charge in [0.15, 0.2) is 0 Å². The van der Waals surface area contributed by atoms with Crippen LogP contribution in [0, 0.1) is 6.92 Å². The van der Waals surface area contributed by atoms with Crippen LogP contribution in [0.4, 0.5) is 5.95 Å². The number of aryl methyl sites for hydroxylation is 1. The van der Waals surface area contributed by atoms with E-state index in [9.17, 15) is 4.79 Å². The number of hydrogen-bond acceptors (Lipinski definition) is 3. The maximum absolute atomic E-state index is 12.2. The summed E-state index contributed by atoms with van der Waals surface area (Å²) in [6, 6.07) is 15.3. The van der Waals surface area contributed by atoms with Gasteiger partial charge in [0.25, 0.3) is 5.91 Å². The van der Waals surface area contributed by atoms with Crippen LogP contribution in [-0.2, 0) is 0 Å². The van der Waals surface area contributed by atoms with Crippen LogP contribution in [0.15, 0.2) is 54.7 Å². The Labute approximate surface area is 116 Å². The first kappa shape index (κ1) is 12.3. The van der Waals surface area contributed by atoms with Crippen molar-refractivity contribution in [3.05, 3.63) is 66.0 Å². The highest BCUT2D eigenvalue weighted by Gasteiger charge is 2.08. The van der Waals surface area contributed by atoms with Crippen LogP contribution in [0.5, 0.6) is 0 Å². The number of benzene rings is 2. The Morgan fingerprint density at radius 3 is 2.65 bits per heavy atom. The largest absolute Gasteiger partial charge is 0.290 e. The zero-order valence-corrected chi connectivity index (χ0v) is 11.0. The third-order valence-electron chi connectivity index (χ3n) is 3.03. The van der Waals surface area contributed by atoms with Crippen molar-refractivity contribution in [1.29, 1.82) is 0 Å². The summed E-state index contributed by atoms with van der Waals surface area (Å²) in [5, 5.41) is 4.84. The minimum atomic E-state index is -0.207. The van der Waals surface area contributed by atoms with Crippen LogP contribution in [0.3, 0.4) is 0 Å². The van der Waals surface area contributed by atoms with Gasteiger partial charge in [-0.1, -0.05) is 30.3 Å². The molecule has 3 aromatic rings. The predicted octanol–water partition coefficient (Wildman–Crippen LogP) is 3.19. The van der Waals surface area contributed by atoms with Crippen molar-refractivity contribution in [3.8, 4) is 0 Å². The van der Waals surface area contributed by atoms with Crippen LogP contribution < -0.4 is 5.32 Å². The Kier molecular flexibility index (Phi) is 3.13. The summed E-state index contributed by atoms with van der Waals surface area (Å²) >= 11 is 0. The summed E-state index contributed by atoms with van der Waals surface area (Å²) in [6.45, 7) is 1.85. The highest BCUT2D eigenvalue weighted by Crippen LogP contribution is 2.16. The van der Waals surface area contributed by atoms with Gasteiger partial charge in [-0.3, -0.25) is 10.1 Å². The number of aromatic nitrogens is 2. The van der Waals surface area contributed by atoms with Crippen molar-refractivity contribution in [2.45, 2.75) is 6.92 Å². The Morgan fingerprint density at radius 1 is 1.05 bits per heavy atom. The summed E-state index contributed by atoms with van der Waals surface area (Å²) in [6.07, 6.45) is 1.62. The van der Waals surface area contributed by atoms with E-state index < -0.39 is 0 Å². The van der Waals surface area contributed by atoms with E-state index in [2.05, 4.69) is 15.3 Å². The number of amides is 1. The molecule has 0 bridgehead atoms. The first-order valence-electron chi connectivity index (χ1n) is 6.32. The smallest absolute Gasteiger partial charge is 0.258 e. The summed E-state index contributed by atoms with van der Waals surface area (Å²) in [5.74, 6) is 0.115. The number of anilines is 1. The molecule has 0 spiro atoms. The maximum atomic E-state index is 12.2. The molecule has 1 N–H and O–H groups in total. The lowest BCUT2D eigenvalue weighted by Crippen LogP contribution is -2.14. The zero-order chi connectivity index (χ0) is 13.9. The van der Waals surface area contributed by atoms with Gasteiger partial charge in [0.2, 0.25) is 5.95 Å². The van der Waals surface area contributed by atoms with E-state index in [1.54, 1.807) is 18.3 Å². The van der Waals surface area contributed by atoms with E-state index >= 15 is 0 Å². The molecule has 3 rings (SSSR count). The van der Waals surface area contributed by atoms with Crippen LogP contribution in [0.2, 0.25) is 0 Å². The number of hydrogen-bond donors (Lipinski definition) is 1. The SMILES string of the molecule is Cc1ccnc(NC(=O)c2ccc3ccccc3c2)n1. The Hall–Kier alpha value is -2.75. The van der Waals surface area contributed by atoms with Gasteiger partial charge < -0.3 is 0 Å². The molecule has 4 heteroatoms. The van der Waals surface area contributed by atoms with E-state index in [1.807, 2.05) is 43.3 Å². The quantitative estimate of drug-likeness (QED) is 0.772. The van der Waals surface area contributed by atoms with Gasteiger partial charge in [0.05, 0.1) is 0 Å². The van der Waals surface area contributed by atoms with Gasteiger partial charge in [-0.15, -0.1) is 0 Å². The molecule has 0 aliphatic heterocycles. The van der Waals surface area contributed by atoms with Crippen molar-refractivity contribution in [2.75, 3.05) is 5.32 Å². The molecule has 1 heterocycles. The highest BCUT2D eigenvalue weighted by molar-refractivity contribution is 6.05. The van der Waals surface area contributed by atoms with E-state index in [0.717, 1.165) is 16.5 Å². The van der Waals surface area contributed by atoms with E-state index in [4.69, 9.17) is 0 Å². The molecular formula is C16H13N3O. The number of fused-ring (bicyclic) bond motifs is 1. The third kappa shape index (κ3) is 2.49. The molecule has 4 nitrogen and oxygen atoms in total. The number of carbonyl (C=O) groups is 1. The lowest BCUT2D eigenvalue weighted by Gasteiger charge is -2.05. The fourth-order valence-electron chi connectivity index (χ4n) is 2.01. The molecule has 0 fully saturated rings. The predicted molar refractivity (Wildman–Crippen MR) is 78.7 cm³/mol. The number of nitrogens with one attached hydrogen (secondary N) is 1. The van der Waals surface area contributed by atoms with Crippen molar-refractivity contribution >= 4 is 22.6 Å². The third-order valence-corrected chi connectivity index (χ3v) is 3.03. The molecule has 1 aromatic heterocycles. The van der Waals surface area contributed by atoms with Gasteiger partial charge >= 0.3 is 0 Å². The van der Waals surface area contributed by atoms with Gasteiger partial charge in [0.1, 0.15) is 0 Å². The topological polar surface area (TPSA) is 54.9 Å². The molecular weight excluding hydrogens is 250 g/mol. The Balaban J connectivity index is 1.88. The van der Waals surface area contributed by atoms with Gasteiger partial charge in [0, 0.05) is 17.5 Å². The summed E-state index contributed by atoms with van der Waals surface area (Å²) in [7, 11) is 0. The molecule has 98 valence electrons. The fourth-order valence-corrected chi connectivity index (χ4v) is 2.01. The van der Waals surface area contributed by atoms with Crippen molar-refractivity contribution in [3.63, 3.8) is 0 Å². The average Bonchev–Trinajstić information content (AvgIpc) is 2.47. The molecule has 2 aromatic carbocycles. The molecule has 0 atom stereocenters. The second-order valence-electron chi connectivity index (χ2n) is 4.54. The lowest BCUT2D eigenvalue weighted by molar-refractivity contribution is 0.102. The summed E-state index contributed by atoms with van der Waals surface area (Å²) < 4.78 is 0. The van der Waals surface area contributed by atoms with E-state index in [1.165, 1.54) is 0 Å². The molecule has 1 amide bonds. The van der Waals surface area contributed by atoms with Crippen molar-refractivity contribution in [2.24, 2.45) is 0 Å². The van der Waals surface area contributed by atoms with Gasteiger partial charge in [-0.2, -0.15) is 0 Å². The van der Waals surface area contributed by atoms with E-state index in [0.29, 0.717) is 11.5 Å². The second-order valence-corrected chi connectivity index (χ2v) is 4.54. The highest BCUT2D eigenvalue weighted by atomic mass is 16.1. The standard InChI is InChI=1S/C16H13N3O/c1-11-8-9-17-16(18-11)19-15(20)14-7-6-12-4-2-3-5-13(12)10-14/h2-10H,1H3,(H,17,18,19,20). The molecule has 0 aliphatic carbocycles. The monoisotopic (exact) mass is 263 g/mol. The number of carbonyl (C=O) groups excluding carboxylic acids is 1. The molecule has 20 heavy (non-hydrogen) atoms. The maximum Gasteiger partial charge on any atom is 0.258 e. The minimum absolute atomic E-state index is 0.207. The number of rotatable bonds is 2. The lowest BCUT2D eigenvalue weighted by atomic mass is 10.1. The fraction of sp³-hybridized carbons (Fsp3) is 0.0625. The Morgan fingerprint density at radius 2 is 1.85 bits per heavy atom. The average molecular weight is 263 g/mol. The first-order valence-corrected chi connectivity index (χ1v) is 6.32. The Bertz CT molecular complexity index is 783. The van der Waals surface area contributed by atoms with Crippen LogP contribution in [-0.4, -0.2) is 15.9 Å². The molecule has 0 saturated carbocycles. The van der Waals surface area contributed by atoms with Gasteiger partial charge in [-0.05, 0) is 35.9 Å². The van der Waals surface area contributed by atoms with Crippen LogP contribution in [0.25, 0.3) is 10.8 Å². The normalized spacial score (nSPS) is 10.4. The first-order chi connectivity index (χ1) is 9.72. The summed E-state index contributed by atoms with van der Waals surface area (Å²) in [5.41, 5.74) is 1.41. The van der Waals surface area contributed by atoms with Crippen molar-refractivity contribution < 1.29 is 4.79 Å². The van der Waals surface area contributed by atoms with Crippen LogP contribution in [0.1, 0.15) is 16.1 Å². The minimum Gasteiger partial charge on any atom is -0.290 e. The van der Waals surface area contributed by atoms with Crippen molar-refractivity contribution in [1.82, 2.24) is 9.97 Å². The zero-order valence-electron chi connectivity index (χ0n) is 11.0. The molecule has 0 radical (unpaired) electrons. The van der Waals surface area contributed by atoms with E-state index in [-0.39, 0.29) is 5.91 Å². The molecule has 0 saturated heterocycles. The second kappa shape index (κ2) is 5.09.